The van der Waals surface area contributed by atoms with Crippen molar-refractivity contribution in [3.63, 3.8) is 0 Å². The quantitative estimate of drug-likeness (QED) is 0.906. The molecule has 1 aromatic carbocycles. The molecule has 3 aliphatic rings. The predicted molar refractivity (Wildman–Crippen MR) is 84.3 cm³/mol. The molecule has 1 unspecified atom stereocenters. The maximum Gasteiger partial charge on any atom is 0.179 e. The van der Waals surface area contributed by atoms with Gasteiger partial charge in [-0.2, -0.15) is 0 Å². The first-order valence-corrected chi connectivity index (χ1v) is 7.95. The van der Waals surface area contributed by atoms with E-state index in [1.54, 1.807) is 14.2 Å². The number of hydrogen-bond donors (Lipinski definition) is 1. The van der Waals surface area contributed by atoms with Crippen molar-refractivity contribution < 1.29 is 9.47 Å². The van der Waals surface area contributed by atoms with Gasteiger partial charge in [0.05, 0.1) is 19.2 Å². The van der Waals surface area contributed by atoms with Gasteiger partial charge < -0.3 is 19.7 Å². The third kappa shape index (κ3) is 3.12. The molecule has 1 aromatic rings. The second kappa shape index (κ2) is 6.42. The SMILES string of the molecule is COc1cc(CNC2CN3CCC2CC3)cc(Cl)c1OC. The van der Waals surface area contributed by atoms with Crippen LogP contribution in [-0.4, -0.2) is 44.8 Å². The Balaban J connectivity index is 1.66. The summed E-state index contributed by atoms with van der Waals surface area (Å²) in [5.41, 5.74) is 1.13. The minimum Gasteiger partial charge on any atom is -0.493 e. The van der Waals surface area contributed by atoms with E-state index in [1.807, 2.05) is 12.1 Å². The van der Waals surface area contributed by atoms with Gasteiger partial charge in [-0.3, -0.25) is 0 Å². The Morgan fingerprint density at radius 3 is 2.57 bits per heavy atom. The van der Waals surface area contributed by atoms with Crippen LogP contribution >= 0.6 is 11.6 Å². The normalized spacial score (nSPS) is 27.7. The fourth-order valence-electron chi connectivity index (χ4n) is 3.52. The Labute approximate surface area is 131 Å². The molecule has 5 heteroatoms. The van der Waals surface area contributed by atoms with E-state index in [-0.39, 0.29) is 0 Å². The first-order chi connectivity index (χ1) is 10.2. The summed E-state index contributed by atoms with van der Waals surface area (Å²) < 4.78 is 10.6. The molecule has 21 heavy (non-hydrogen) atoms. The van der Waals surface area contributed by atoms with E-state index in [0.717, 1.165) is 18.0 Å². The number of rotatable bonds is 5. The molecular weight excluding hydrogens is 288 g/mol. The van der Waals surface area contributed by atoms with Crippen LogP contribution in [0.4, 0.5) is 0 Å². The number of halogens is 1. The molecule has 0 amide bonds. The fourth-order valence-corrected chi connectivity index (χ4v) is 3.83. The lowest BCUT2D eigenvalue weighted by Crippen LogP contribution is -2.55. The molecule has 4 rings (SSSR count). The topological polar surface area (TPSA) is 33.7 Å². The summed E-state index contributed by atoms with van der Waals surface area (Å²) in [4.78, 5) is 2.55. The van der Waals surface area contributed by atoms with E-state index in [2.05, 4.69) is 10.2 Å². The van der Waals surface area contributed by atoms with Gasteiger partial charge in [0.2, 0.25) is 0 Å². The standard InChI is InChI=1S/C16H23ClN2O2/c1-20-15-8-11(7-13(17)16(15)21-2)9-18-14-10-19-5-3-12(14)4-6-19/h7-8,12,14,18H,3-6,9-10H2,1-2H3. The Hall–Kier alpha value is -0.970. The number of nitrogens with one attached hydrogen (secondary N) is 1. The zero-order valence-electron chi connectivity index (χ0n) is 12.7. The summed E-state index contributed by atoms with van der Waals surface area (Å²) in [5.74, 6) is 2.12. The van der Waals surface area contributed by atoms with Gasteiger partial charge in [-0.1, -0.05) is 11.6 Å². The monoisotopic (exact) mass is 310 g/mol. The first-order valence-electron chi connectivity index (χ1n) is 7.57. The molecule has 0 aliphatic carbocycles. The molecule has 0 saturated carbocycles. The second-order valence-corrected chi connectivity index (χ2v) is 6.35. The van der Waals surface area contributed by atoms with Gasteiger partial charge in [-0.05, 0) is 49.5 Å². The van der Waals surface area contributed by atoms with Gasteiger partial charge in [0.25, 0.3) is 0 Å². The van der Waals surface area contributed by atoms with Crippen molar-refractivity contribution in [2.75, 3.05) is 33.9 Å². The van der Waals surface area contributed by atoms with Crippen LogP contribution < -0.4 is 14.8 Å². The largest absolute Gasteiger partial charge is 0.493 e. The number of ether oxygens (including phenoxy) is 2. The zero-order valence-corrected chi connectivity index (χ0v) is 13.4. The van der Waals surface area contributed by atoms with Crippen LogP contribution in [0.3, 0.4) is 0 Å². The van der Waals surface area contributed by atoms with Crippen LogP contribution in [0.1, 0.15) is 18.4 Å². The van der Waals surface area contributed by atoms with Crippen molar-refractivity contribution in [2.45, 2.75) is 25.4 Å². The summed E-state index contributed by atoms with van der Waals surface area (Å²) in [5, 5.41) is 4.29. The van der Waals surface area contributed by atoms with Gasteiger partial charge in [0, 0.05) is 19.1 Å². The average Bonchev–Trinajstić information content (AvgIpc) is 2.53. The molecule has 0 radical (unpaired) electrons. The van der Waals surface area contributed by atoms with Crippen molar-refractivity contribution in [2.24, 2.45) is 5.92 Å². The summed E-state index contributed by atoms with van der Waals surface area (Å²) in [6, 6.07) is 4.55. The van der Waals surface area contributed by atoms with Crippen molar-refractivity contribution in [3.8, 4) is 11.5 Å². The lowest BCUT2D eigenvalue weighted by Gasteiger charge is -2.45. The Bertz CT molecular complexity index is 501. The molecule has 3 heterocycles. The van der Waals surface area contributed by atoms with Crippen LogP contribution in [0, 0.1) is 5.92 Å². The molecule has 4 nitrogen and oxygen atoms in total. The maximum absolute atomic E-state index is 6.26. The first kappa shape index (κ1) is 14.9. The van der Waals surface area contributed by atoms with Crippen LogP contribution in [0.5, 0.6) is 11.5 Å². The van der Waals surface area contributed by atoms with Gasteiger partial charge in [0.1, 0.15) is 0 Å². The molecule has 116 valence electrons. The van der Waals surface area contributed by atoms with Gasteiger partial charge in [-0.25, -0.2) is 0 Å². The molecule has 0 aromatic heterocycles. The van der Waals surface area contributed by atoms with Crippen LogP contribution in [-0.2, 0) is 6.54 Å². The molecule has 2 bridgehead atoms. The summed E-state index contributed by atoms with van der Waals surface area (Å²) in [6.45, 7) is 4.52. The highest BCUT2D eigenvalue weighted by Crippen LogP contribution is 2.36. The molecule has 3 aliphatic heterocycles. The smallest absolute Gasteiger partial charge is 0.179 e. The fraction of sp³-hybridized carbons (Fsp3) is 0.625. The molecule has 3 fully saturated rings. The number of hydrogen-bond acceptors (Lipinski definition) is 4. The van der Waals surface area contributed by atoms with E-state index >= 15 is 0 Å². The van der Waals surface area contributed by atoms with Gasteiger partial charge in [-0.15, -0.1) is 0 Å². The van der Waals surface area contributed by atoms with Crippen LogP contribution in [0.25, 0.3) is 0 Å². The van der Waals surface area contributed by atoms with Crippen LogP contribution in [0.15, 0.2) is 12.1 Å². The van der Waals surface area contributed by atoms with Gasteiger partial charge in [0.15, 0.2) is 11.5 Å². The number of fused-ring (bicyclic) bond motifs is 3. The predicted octanol–water partition coefficient (Wildman–Crippen LogP) is 2.54. The second-order valence-electron chi connectivity index (χ2n) is 5.94. The molecule has 1 N–H and O–H groups in total. The van der Waals surface area contributed by atoms with E-state index < -0.39 is 0 Å². The molecule has 1 atom stereocenters. The highest BCUT2D eigenvalue weighted by molar-refractivity contribution is 6.32. The molecule has 3 saturated heterocycles. The lowest BCUT2D eigenvalue weighted by atomic mass is 9.84. The molecular formula is C16H23ClN2O2. The Morgan fingerprint density at radius 2 is 2.00 bits per heavy atom. The van der Waals surface area contributed by atoms with Crippen molar-refractivity contribution in [1.29, 1.82) is 0 Å². The third-order valence-corrected chi connectivity index (χ3v) is 5.00. The summed E-state index contributed by atoms with van der Waals surface area (Å²) in [7, 11) is 3.24. The number of nitrogens with zero attached hydrogens (tertiary/aromatic N) is 1. The summed E-state index contributed by atoms with van der Waals surface area (Å²) >= 11 is 6.26. The molecule has 0 spiro atoms. The van der Waals surface area contributed by atoms with E-state index in [9.17, 15) is 0 Å². The van der Waals surface area contributed by atoms with Crippen LogP contribution in [0.2, 0.25) is 5.02 Å². The van der Waals surface area contributed by atoms with E-state index in [4.69, 9.17) is 21.1 Å². The van der Waals surface area contributed by atoms with E-state index in [1.165, 1.54) is 32.5 Å². The highest BCUT2D eigenvalue weighted by Gasteiger charge is 2.33. The Kier molecular flexibility index (Phi) is 4.57. The number of methoxy groups -OCH3 is 2. The van der Waals surface area contributed by atoms with Crippen molar-refractivity contribution >= 4 is 11.6 Å². The number of benzene rings is 1. The lowest BCUT2D eigenvalue weighted by molar-refractivity contribution is 0.0720. The minimum atomic E-state index is 0.597. The number of piperidine rings is 3. The minimum absolute atomic E-state index is 0.597. The third-order valence-electron chi connectivity index (χ3n) is 4.72. The maximum atomic E-state index is 6.26. The Morgan fingerprint density at radius 1 is 1.24 bits per heavy atom. The average molecular weight is 311 g/mol. The zero-order chi connectivity index (χ0) is 14.8. The van der Waals surface area contributed by atoms with Gasteiger partial charge >= 0.3 is 0 Å². The van der Waals surface area contributed by atoms with Crippen molar-refractivity contribution in [1.82, 2.24) is 10.2 Å². The highest BCUT2D eigenvalue weighted by atomic mass is 35.5. The summed E-state index contributed by atoms with van der Waals surface area (Å²) in [6.07, 6.45) is 2.65. The van der Waals surface area contributed by atoms with E-state index in [0.29, 0.717) is 22.6 Å². The van der Waals surface area contributed by atoms with Crippen molar-refractivity contribution in [3.05, 3.63) is 22.7 Å².